The molecule has 0 rings (SSSR count). The maximum absolute atomic E-state index is 11.5. The molecule has 0 fully saturated rings. The smallest absolute Gasteiger partial charge is 0.279 e. The molecule has 2 N–H and O–H groups in total. The highest BCUT2D eigenvalue weighted by Gasteiger charge is 2.01. The Balaban J connectivity index is 3.17. The van der Waals surface area contributed by atoms with Crippen molar-refractivity contribution in [2.45, 2.75) is 6.92 Å². The number of aliphatic hydroxyl groups is 1. The lowest BCUT2D eigenvalue weighted by Crippen LogP contribution is -2.18. The molecule has 0 bridgehead atoms. The van der Waals surface area contributed by atoms with E-state index in [2.05, 4.69) is 17.2 Å². The summed E-state index contributed by atoms with van der Waals surface area (Å²) >= 11 is 9.78. The minimum atomic E-state index is 0.0189. The van der Waals surface area contributed by atoms with Gasteiger partial charge in [0.15, 0.2) is 0 Å². The van der Waals surface area contributed by atoms with Gasteiger partial charge in [0.1, 0.15) is 5.94 Å². The van der Waals surface area contributed by atoms with Crippen LogP contribution in [0.3, 0.4) is 0 Å². The molecule has 0 saturated heterocycles. The van der Waals surface area contributed by atoms with Crippen molar-refractivity contribution >= 4 is 82.2 Å². The van der Waals surface area contributed by atoms with Crippen molar-refractivity contribution in [1.29, 1.82) is 0 Å². The fourth-order valence-corrected chi connectivity index (χ4v) is 5.78. The lowest BCUT2D eigenvalue weighted by atomic mass is 10.9. The van der Waals surface area contributed by atoms with Crippen LogP contribution in [-0.2, 0) is 9.78 Å². The van der Waals surface area contributed by atoms with Crippen molar-refractivity contribution in [3.05, 3.63) is 0 Å². The molecule has 0 aliphatic heterocycles. The summed E-state index contributed by atoms with van der Waals surface area (Å²) in [6, 6.07) is 0. The zero-order chi connectivity index (χ0) is 18.4. The molecule has 0 saturated carbocycles. The monoisotopic (exact) mass is 466 g/mol. The summed E-state index contributed by atoms with van der Waals surface area (Å²) in [7, 11) is 0. The number of carbonyl (C=O) groups is 1. The molecular formula is C13H26N2O4S6. The van der Waals surface area contributed by atoms with Gasteiger partial charge in [-0.2, -0.15) is 16.6 Å². The predicted molar refractivity (Wildman–Crippen MR) is 121 cm³/mol. The molecule has 0 radical (unpaired) electrons. The third-order valence-corrected chi connectivity index (χ3v) is 8.09. The van der Waals surface area contributed by atoms with Gasteiger partial charge in [0.2, 0.25) is 6.40 Å². The maximum Gasteiger partial charge on any atom is 0.279 e. The fourth-order valence-electron chi connectivity index (χ4n) is 1.04. The van der Waals surface area contributed by atoms with E-state index in [4.69, 9.17) is 14.9 Å². The summed E-state index contributed by atoms with van der Waals surface area (Å²) < 4.78 is 0. The van der Waals surface area contributed by atoms with Crippen LogP contribution in [0, 0.1) is 0 Å². The average Bonchev–Trinajstić information content (AvgIpc) is 2.62. The SMILES string of the molecule is CCSCOOC=NCSCSCSCNC(=O)SCCSCCO. The van der Waals surface area contributed by atoms with Crippen LogP contribution >= 0.6 is 70.6 Å². The number of hydrogen-bond donors (Lipinski definition) is 2. The molecule has 25 heavy (non-hydrogen) atoms. The van der Waals surface area contributed by atoms with Crippen molar-refractivity contribution in [2.75, 3.05) is 57.5 Å². The molecule has 0 aliphatic carbocycles. The summed E-state index contributed by atoms with van der Waals surface area (Å²) in [6.07, 6.45) is 1.33. The van der Waals surface area contributed by atoms with Gasteiger partial charge in [0.05, 0.1) is 18.4 Å². The Morgan fingerprint density at radius 1 is 1.12 bits per heavy atom. The van der Waals surface area contributed by atoms with Gasteiger partial charge in [-0.25, -0.2) is 4.99 Å². The molecule has 6 nitrogen and oxygen atoms in total. The first kappa shape index (κ1) is 26.0. The van der Waals surface area contributed by atoms with Gasteiger partial charge in [-0.3, -0.25) is 4.79 Å². The molecule has 0 aliphatic rings. The Hall–Kier alpha value is 0.960. The third kappa shape index (κ3) is 22.9. The molecule has 0 spiro atoms. The number of aliphatic hydroxyl groups excluding tert-OH is 1. The molecule has 0 heterocycles. The van der Waals surface area contributed by atoms with Gasteiger partial charge in [-0.15, -0.1) is 47.0 Å². The van der Waals surface area contributed by atoms with E-state index in [0.29, 0.717) is 17.7 Å². The highest BCUT2D eigenvalue weighted by atomic mass is 32.2. The molecule has 0 aromatic heterocycles. The topological polar surface area (TPSA) is 80.2 Å². The first-order valence-electron chi connectivity index (χ1n) is 7.48. The molecule has 0 aromatic carbocycles. The van der Waals surface area contributed by atoms with Crippen molar-refractivity contribution < 1.29 is 19.7 Å². The Bertz CT molecular complexity index is 329. The van der Waals surface area contributed by atoms with E-state index in [0.717, 1.165) is 33.2 Å². The summed E-state index contributed by atoms with van der Waals surface area (Å²) in [4.78, 5) is 25.2. The standard InChI is InChI=1S/C13H26N2O4S6/c1-2-20-10-19-18-7-14-8-22-11-24-12-23-9-15-13(17)25-6-5-21-4-3-16/h7,16H,2-6,8-12H2,1H3,(H,15,17). The lowest BCUT2D eigenvalue weighted by molar-refractivity contribution is -0.196. The first-order chi connectivity index (χ1) is 12.3. The summed E-state index contributed by atoms with van der Waals surface area (Å²) in [6.45, 7) is 2.25. The maximum atomic E-state index is 11.5. The van der Waals surface area contributed by atoms with Crippen LogP contribution in [-0.4, -0.2) is 74.2 Å². The summed E-state index contributed by atoms with van der Waals surface area (Å²) in [5, 5.41) is 13.4. The Morgan fingerprint density at radius 2 is 1.96 bits per heavy atom. The molecular weight excluding hydrogens is 441 g/mol. The van der Waals surface area contributed by atoms with Crippen LogP contribution in [0.4, 0.5) is 4.79 Å². The van der Waals surface area contributed by atoms with Crippen LogP contribution in [0.1, 0.15) is 6.92 Å². The van der Waals surface area contributed by atoms with Gasteiger partial charge in [0.25, 0.3) is 5.24 Å². The van der Waals surface area contributed by atoms with E-state index in [1.54, 1.807) is 58.8 Å². The predicted octanol–water partition coefficient (Wildman–Crippen LogP) is 3.87. The van der Waals surface area contributed by atoms with Crippen LogP contribution in [0.5, 0.6) is 0 Å². The Labute approximate surface area is 175 Å². The second-order valence-corrected chi connectivity index (χ2v) is 11.1. The van der Waals surface area contributed by atoms with E-state index in [9.17, 15) is 4.79 Å². The van der Waals surface area contributed by atoms with Crippen LogP contribution in [0.25, 0.3) is 0 Å². The number of carbonyl (C=O) groups excluding carboxylic acids is 1. The van der Waals surface area contributed by atoms with Crippen molar-refractivity contribution in [2.24, 2.45) is 4.99 Å². The number of hydrogen-bond acceptors (Lipinski definition) is 11. The van der Waals surface area contributed by atoms with Gasteiger partial charge in [0, 0.05) is 27.4 Å². The molecule has 0 unspecified atom stereocenters. The molecule has 1 amide bonds. The van der Waals surface area contributed by atoms with E-state index in [1.807, 2.05) is 0 Å². The van der Waals surface area contributed by atoms with Crippen LogP contribution in [0.15, 0.2) is 4.99 Å². The largest absolute Gasteiger partial charge is 0.396 e. The zero-order valence-electron chi connectivity index (χ0n) is 14.2. The number of rotatable bonds is 18. The van der Waals surface area contributed by atoms with Gasteiger partial charge < -0.3 is 15.3 Å². The van der Waals surface area contributed by atoms with Crippen molar-refractivity contribution in [3.8, 4) is 0 Å². The van der Waals surface area contributed by atoms with E-state index < -0.39 is 0 Å². The summed E-state index contributed by atoms with van der Waals surface area (Å²) in [5.74, 6) is 5.18. The molecule has 0 atom stereocenters. The van der Waals surface area contributed by atoms with E-state index in [1.165, 1.54) is 18.2 Å². The molecule has 148 valence electrons. The molecule has 0 aromatic rings. The third-order valence-electron chi connectivity index (χ3n) is 2.04. The summed E-state index contributed by atoms with van der Waals surface area (Å²) in [5.41, 5.74) is 0. The zero-order valence-corrected chi connectivity index (χ0v) is 19.1. The van der Waals surface area contributed by atoms with Crippen molar-refractivity contribution in [1.82, 2.24) is 5.32 Å². The minimum absolute atomic E-state index is 0.0189. The Morgan fingerprint density at radius 3 is 2.76 bits per heavy atom. The Kier molecular flexibility index (Phi) is 23.9. The fraction of sp³-hybridized carbons (Fsp3) is 0.846. The second kappa shape index (κ2) is 23.0. The van der Waals surface area contributed by atoms with E-state index >= 15 is 0 Å². The van der Waals surface area contributed by atoms with Gasteiger partial charge >= 0.3 is 0 Å². The van der Waals surface area contributed by atoms with Crippen LogP contribution in [0.2, 0.25) is 0 Å². The second-order valence-electron chi connectivity index (χ2n) is 3.88. The normalized spacial score (nSPS) is 11.1. The van der Waals surface area contributed by atoms with Crippen LogP contribution < -0.4 is 5.32 Å². The van der Waals surface area contributed by atoms with Crippen molar-refractivity contribution in [3.63, 3.8) is 0 Å². The van der Waals surface area contributed by atoms with Gasteiger partial charge in [-0.05, 0) is 5.75 Å². The first-order valence-corrected chi connectivity index (χ1v) is 14.2. The number of aliphatic imine (C=N–C) groups is 1. The highest BCUT2D eigenvalue weighted by molar-refractivity contribution is 8.22. The molecule has 12 heteroatoms. The average molecular weight is 467 g/mol. The number of amides is 1. The lowest BCUT2D eigenvalue weighted by Gasteiger charge is -2.04. The van der Waals surface area contributed by atoms with E-state index in [-0.39, 0.29) is 11.8 Å². The quantitative estimate of drug-likeness (QED) is 0.0776. The number of nitrogens with zero attached hydrogens (tertiary/aromatic N) is 1. The van der Waals surface area contributed by atoms with Gasteiger partial charge in [-0.1, -0.05) is 18.7 Å². The minimum Gasteiger partial charge on any atom is -0.396 e. The number of nitrogens with one attached hydrogen (secondary N) is 1. The number of thioether (sulfide) groups is 6. The highest BCUT2D eigenvalue weighted by Crippen LogP contribution is 2.17.